The minimum absolute atomic E-state index is 0. The first-order valence-electron chi connectivity index (χ1n) is 5.10. The highest BCUT2D eigenvalue weighted by Crippen LogP contribution is 2.21. The lowest BCUT2D eigenvalue weighted by atomic mass is 10.0. The van der Waals surface area contributed by atoms with Gasteiger partial charge in [-0.2, -0.15) is 5.10 Å². The Balaban J connectivity index is 0.00000128. The Hall–Kier alpha value is -1.32. The minimum Gasteiger partial charge on any atom is -0.328 e. The third kappa shape index (κ3) is 2.84. The fraction of sp³-hybridized carbons (Fsp3) is 0.250. The number of aromatic amines is 1. The molecule has 0 radical (unpaired) electrons. The number of H-pyrrole nitrogens is 1. The summed E-state index contributed by atoms with van der Waals surface area (Å²) in [6.45, 7) is 2.00. The molecule has 2 aromatic rings. The monoisotopic (exact) mass is 237 g/mol. The summed E-state index contributed by atoms with van der Waals surface area (Å²) in [6.07, 6.45) is 2.70. The molecule has 0 amide bonds. The second-order valence-corrected chi connectivity index (χ2v) is 3.82. The quantitative estimate of drug-likeness (QED) is 0.861. The van der Waals surface area contributed by atoms with Crippen molar-refractivity contribution < 1.29 is 0 Å². The standard InChI is InChI=1S/C12H15N3.ClH/c1-9(13)7-11-8-14-15-12(11)10-5-3-2-4-6-10;/h2-6,8-9H,7,13H2,1H3,(H,14,15);1H. The molecule has 2 rings (SSSR count). The van der Waals surface area contributed by atoms with Crippen molar-refractivity contribution in [1.29, 1.82) is 0 Å². The topological polar surface area (TPSA) is 54.7 Å². The molecule has 0 saturated carbocycles. The first-order chi connectivity index (χ1) is 7.27. The maximum Gasteiger partial charge on any atom is 0.0682 e. The zero-order valence-corrected chi connectivity index (χ0v) is 10.00. The van der Waals surface area contributed by atoms with E-state index in [2.05, 4.69) is 22.3 Å². The van der Waals surface area contributed by atoms with Gasteiger partial charge in [0.2, 0.25) is 0 Å². The molecule has 3 nitrogen and oxygen atoms in total. The minimum atomic E-state index is 0. The van der Waals surface area contributed by atoms with Crippen molar-refractivity contribution in [2.24, 2.45) is 5.73 Å². The fourth-order valence-electron chi connectivity index (χ4n) is 1.67. The van der Waals surface area contributed by atoms with E-state index < -0.39 is 0 Å². The van der Waals surface area contributed by atoms with E-state index in [9.17, 15) is 0 Å². The van der Waals surface area contributed by atoms with Crippen LogP contribution < -0.4 is 5.73 Å². The van der Waals surface area contributed by atoms with Crippen LogP contribution in [-0.4, -0.2) is 16.2 Å². The van der Waals surface area contributed by atoms with Gasteiger partial charge in [0.25, 0.3) is 0 Å². The number of rotatable bonds is 3. The lowest BCUT2D eigenvalue weighted by Gasteiger charge is -2.05. The van der Waals surface area contributed by atoms with Gasteiger partial charge >= 0.3 is 0 Å². The molecular weight excluding hydrogens is 222 g/mol. The van der Waals surface area contributed by atoms with Crippen LogP contribution in [0.25, 0.3) is 11.3 Å². The van der Waals surface area contributed by atoms with Crippen molar-refractivity contribution in [3.05, 3.63) is 42.1 Å². The third-order valence-corrected chi connectivity index (χ3v) is 2.32. The predicted octanol–water partition coefficient (Wildman–Crippen LogP) is 2.39. The van der Waals surface area contributed by atoms with Crippen LogP contribution in [0.1, 0.15) is 12.5 Å². The van der Waals surface area contributed by atoms with Crippen molar-refractivity contribution >= 4 is 12.4 Å². The molecule has 0 aliphatic heterocycles. The fourth-order valence-corrected chi connectivity index (χ4v) is 1.67. The number of aromatic nitrogens is 2. The van der Waals surface area contributed by atoms with E-state index in [-0.39, 0.29) is 18.4 Å². The predicted molar refractivity (Wildman–Crippen MR) is 68.6 cm³/mol. The van der Waals surface area contributed by atoms with Crippen molar-refractivity contribution in [2.75, 3.05) is 0 Å². The van der Waals surface area contributed by atoms with Crippen LogP contribution in [0.5, 0.6) is 0 Å². The summed E-state index contributed by atoms with van der Waals surface area (Å²) in [4.78, 5) is 0. The van der Waals surface area contributed by atoms with E-state index in [4.69, 9.17) is 5.73 Å². The molecule has 0 bridgehead atoms. The molecule has 0 fully saturated rings. The van der Waals surface area contributed by atoms with E-state index in [0.717, 1.165) is 17.7 Å². The summed E-state index contributed by atoms with van der Waals surface area (Å²) in [5, 5.41) is 7.09. The summed E-state index contributed by atoms with van der Waals surface area (Å²) in [6, 6.07) is 10.3. The molecule has 1 aromatic heterocycles. The van der Waals surface area contributed by atoms with Crippen molar-refractivity contribution in [1.82, 2.24) is 10.2 Å². The normalized spacial score (nSPS) is 11.9. The summed E-state index contributed by atoms with van der Waals surface area (Å²) >= 11 is 0. The average molecular weight is 238 g/mol. The number of hydrogen-bond acceptors (Lipinski definition) is 2. The molecule has 0 saturated heterocycles. The maximum absolute atomic E-state index is 5.79. The Bertz CT molecular complexity index is 423. The molecule has 16 heavy (non-hydrogen) atoms. The Labute approximate surface area is 101 Å². The van der Waals surface area contributed by atoms with Gasteiger partial charge in [-0.05, 0) is 24.5 Å². The van der Waals surface area contributed by atoms with Gasteiger partial charge in [0, 0.05) is 6.04 Å². The van der Waals surface area contributed by atoms with E-state index in [1.165, 1.54) is 5.56 Å². The van der Waals surface area contributed by atoms with E-state index in [1.54, 1.807) is 0 Å². The van der Waals surface area contributed by atoms with Crippen LogP contribution in [0.4, 0.5) is 0 Å². The smallest absolute Gasteiger partial charge is 0.0682 e. The van der Waals surface area contributed by atoms with Crippen molar-refractivity contribution in [2.45, 2.75) is 19.4 Å². The molecule has 1 aromatic carbocycles. The van der Waals surface area contributed by atoms with Gasteiger partial charge < -0.3 is 5.73 Å². The summed E-state index contributed by atoms with van der Waals surface area (Å²) < 4.78 is 0. The Morgan fingerprint density at radius 1 is 1.31 bits per heavy atom. The molecule has 4 heteroatoms. The number of nitrogens with two attached hydrogens (primary N) is 1. The number of nitrogens with zero attached hydrogens (tertiary/aromatic N) is 1. The first kappa shape index (κ1) is 12.7. The van der Waals surface area contributed by atoms with Gasteiger partial charge in [-0.3, -0.25) is 5.10 Å². The molecule has 1 unspecified atom stereocenters. The second kappa shape index (κ2) is 5.68. The highest BCUT2D eigenvalue weighted by molar-refractivity contribution is 5.85. The molecule has 0 aliphatic carbocycles. The van der Waals surface area contributed by atoms with Crippen LogP contribution in [0, 0.1) is 0 Å². The Kier molecular flexibility index (Phi) is 4.52. The SMILES string of the molecule is CC(N)Cc1cn[nH]c1-c1ccccc1.Cl. The van der Waals surface area contributed by atoms with Crippen LogP contribution in [0.15, 0.2) is 36.5 Å². The Morgan fingerprint density at radius 3 is 2.62 bits per heavy atom. The van der Waals surface area contributed by atoms with Gasteiger partial charge in [0.1, 0.15) is 0 Å². The van der Waals surface area contributed by atoms with Gasteiger partial charge in [-0.25, -0.2) is 0 Å². The second-order valence-electron chi connectivity index (χ2n) is 3.82. The summed E-state index contributed by atoms with van der Waals surface area (Å²) in [5.41, 5.74) is 9.20. The van der Waals surface area contributed by atoms with Gasteiger partial charge in [-0.15, -0.1) is 12.4 Å². The zero-order valence-electron chi connectivity index (χ0n) is 9.18. The largest absolute Gasteiger partial charge is 0.328 e. The lowest BCUT2D eigenvalue weighted by Crippen LogP contribution is -2.17. The molecular formula is C12H16ClN3. The highest BCUT2D eigenvalue weighted by Gasteiger charge is 2.08. The number of benzene rings is 1. The third-order valence-electron chi connectivity index (χ3n) is 2.32. The Morgan fingerprint density at radius 2 is 2.00 bits per heavy atom. The molecule has 1 atom stereocenters. The first-order valence-corrected chi connectivity index (χ1v) is 5.10. The van der Waals surface area contributed by atoms with Crippen molar-refractivity contribution in [3.8, 4) is 11.3 Å². The molecule has 0 aliphatic rings. The van der Waals surface area contributed by atoms with Gasteiger partial charge in [-0.1, -0.05) is 30.3 Å². The molecule has 86 valence electrons. The molecule has 0 spiro atoms. The van der Waals surface area contributed by atoms with Crippen LogP contribution in [-0.2, 0) is 6.42 Å². The molecule has 3 N–H and O–H groups in total. The summed E-state index contributed by atoms with van der Waals surface area (Å²) in [5.74, 6) is 0. The number of hydrogen-bond donors (Lipinski definition) is 2. The summed E-state index contributed by atoms with van der Waals surface area (Å²) in [7, 11) is 0. The molecule has 1 heterocycles. The van der Waals surface area contributed by atoms with E-state index >= 15 is 0 Å². The average Bonchev–Trinajstić information content (AvgIpc) is 2.66. The van der Waals surface area contributed by atoms with Crippen LogP contribution >= 0.6 is 12.4 Å². The number of halogens is 1. The van der Waals surface area contributed by atoms with Gasteiger partial charge in [0.05, 0.1) is 11.9 Å². The van der Waals surface area contributed by atoms with Crippen LogP contribution in [0.2, 0.25) is 0 Å². The van der Waals surface area contributed by atoms with Crippen LogP contribution in [0.3, 0.4) is 0 Å². The van der Waals surface area contributed by atoms with E-state index in [0.29, 0.717) is 0 Å². The number of nitrogens with one attached hydrogen (secondary N) is 1. The van der Waals surface area contributed by atoms with Crippen molar-refractivity contribution in [3.63, 3.8) is 0 Å². The highest BCUT2D eigenvalue weighted by atomic mass is 35.5. The maximum atomic E-state index is 5.79. The van der Waals surface area contributed by atoms with E-state index in [1.807, 2.05) is 31.3 Å². The zero-order chi connectivity index (χ0) is 10.7. The van der Waals surface area contributed by atoms with Gasteiger partial charge in [0.15, 0.2) is 0 Å². The lowest BCUT2D eigenvalue weighted by molar-refractivity contribution is 0.739.